The van der Waals surface area contributed by atoms with Gasteiger partial charge in [0.1, 0.15) is 35.1 Å². The second kappa shape index (κ2) is 9.22. The first-order valence-electron chi connectivity index (χ1n) is 9.51. The molecule has 178 valence electrons. The summed E-state index contributed by atoms with van der Waals surface area (Å²) < 4.78 is 69.1. The highest BCUT2D eigenvalue weighted by Crippen LogP contribution is 2.39. The van der Waals surface area contributed by atoms with Gasteiger partial charge >= 0.3 is 0 Å². The van der Waals surface area contributed by atoms with E-state index in [1.807, 2.05) is 0 Å². The number of aromatic nitrogens is 6. The van der Waals surface area contributed by atoms with E-state index in [9.17, 15) is 25.9 Å². The van der Waals surface area contributed by atoms with E-state index in [0.29, 0.717) is 0 Å². The largest absolute Gasteiger partial charge is 0.398 e. The Morgan fingerprint density at radius 2 is 1.14 bits per heavy atom. The lowest BCUT2D eigenvalue weighted by Crippen LogP contribution is -2.12. The zero-order chi connectivity index (χ0) is 25.2. The summed E-state index contributed by atoms with van der Waals surface area (Å²) in [6.45, 7) is 0. The third-order valence-corrected chi connectivity index (χ3v) is 6.57. The summed E-state index contributed by atoms with van der Waals surface area (Å²) in [5.74, 6) is -0.244. The average Bonchev–Trinajstić information content (AvgIpc) is 2.82. The Morgan fingerprint density at radius 3 is 1.66 bits per heavy atom. The summed E-state index contributed by atoms with van der Waals surface area (Å²) >= 11 is 0. The molecule has 0 saturated heterocycles. The second-order valence-electron chi connectivity index (χ2n) is 6.84. The molecule has 0 atom stereocenters. The third-order valence-electron chi connectivity index (χ3n) is 4.69. The van der Waals surface area contributed by atoms with E-state index in [-0.39, 0.29) is 39.6 Å². The predicted molar refractivity (Wildman–Crippen MR) is 122 cm³/mol. The molecule has 4 N–H and O–H groups in total. The molecule has 0 aliphatic carbocycles. The molecule has 0 saturated carbocycles. The molecular weight excluding hydrogens is 498 g/mol. The first-order chi connectivity index (χ1) is 16.6. The molecule has 2 heterocycles. The highest BCUT2D eigenvalue weighted by atomic mass is 32.2. The topological polar surface area (TPSA) is 212 Å². The van der Waals surface area contributed by atoms with E-state index >= 15 is 0 Å². The fraction of sp³-hybridized carbons (Fsp3) is 0. The summed E-state index contributed by atoms with van der Waals surface area (Å²) in [5, 5.41) is 0. The van der Waals surface area contributed by atoms with Crippen LogP contribution in [0.2, 0.25) is 0 Å². The summed E-state index contributed by atoms with van der Waals surface area (Å²) in [4.78, 5) is 22.7. The number of nitrogens with two attached hydrogens (primary N) is 1. The van der Waals surface area contributed by atoms with Crippen LogP contribution in [0.25, 0.3) is 11.1 Å². The van der Waals surface area contributed by atoms with Crippen molar-refractivity contribution in [2.24, 2.45) is 0 Å². The Hall–Kier alpha value is -4.18. The van der Waals surface area contributed by atoms with Crippen LogP contribution in [0.1, 0.15) is 22.8 Å². The smallest absolute Gasteiger partial charge is 0.297 e. The van der Waals surface area contributed by atoms with Crippen LogP contribution in [0, 0.1) is 0 Å². The Morgan fingerprint density at radius 1 is 0.657 bits per heavy atom. The second-order valence-corrected chi connectivity index (χ2v) is 9.59. The van der Waals surface area contributed by atoms with E-state index in [2.05, 4.69) is 29.9 Å². The normalized spacial score (nSPS) is 12.7. The number of benzene rings is 2. The third kappa shape index (κ3) is 4.87. The Labute approximate surface area is 199 Å². The molecule has 0 unspecified atom stereocenters. The quantitative estimate of drug-likeness (QED) is 0.188. The standard InChI is InChI=1S/C20H15N7O6S2/c21-14-6-3-5-13(18(14)35(31,32)33)17(20-26-10-23-11-27-20)16(19-24-8-22-9-25-19)12-4-1-2-7-15(12)34(28,29)30/h1-11H,21H2,(H,28,29,30)(H,31,32,33). The van der Waals surface area contributed by atoms with Gasteiger partial charge in [-0.05, 0) is 12.1 Å². The summed E-state index contributed by atoms with van der Waals surface area (Å²) in [5.41, 5.74) is 5.11. The van der Waals surface area contributed by atoms with Crippen molar-refractivity contribution < 1.29 is 25.9 Å². The molecule has 0 spiro atoms. The van der Waals surface area contributed by atoms with Crippen molar-refractivity contribution in [3.05, 3.63) is 90.5 Å². The minimum Gasteiger partial charge on any atom is -0.398 e. The Balaban J connectivity index is 2.30. The zero-order valence-corrected chi connectivity index (χ0v) is 19.1. The van der Waals surface area contributed by atoms with Crippen LogP contribution in [0.3, 0.4) is 0 Å². The van der Waals surface area contributed by atoms with E-state index in [0.717, 1.165) is 31.4 Å². The van der Waals surface area contributed by atoms with Gasteiger partial charge in [0, 0.05) is 22.3 Å². The first kappa shape index (κ1) is 24.0. The molecule has 35 heavy (non-hydrogen) atoms. The van der Waals surface area contributed by atoms with Crippen LogP contribution in [-0.4, -0.2) is 55.8 Å². The van der Waals surface area contributed by atoms with Gasteiger partial charge < -0.3 is 5.73 Å². The molecule has 0 amide bonds. The van der Waals surface area contributed by atoms with Crippen molar-refractivity contribution in [1.29, 1.82) is 0 Å². The van der Waals surface area contributed by atoms with Crippen LogP contribution in [0.15, 0.2) is 77.6 Å². The molecule has 15 heteroatoms. The van der Waals surface area contributed by atoms with Crippen molar-refractivity contribution in [2.75, 3.05) is 5.73 Å². The molecule has 0 aliphatic rings. The molecular formula is C20H15N7O6S2. The maximum absolute atomic E-state index is 12.4. The van der Waals surface area contributed by atoms with Gasteiger partial charge in [-0.1, -0.05) is 30.3 Å². The predicted octanol–water partition coefficient (Wildman–Crippen LogP) is 1.14. The fourth-order valence-electron chi connectivity index (χ4n) is 3.41. The number of nitrogen functional groups attached to an aromatic ring is 1. The molecule has 0 fully saturated rings. The Kier molecular flexibility index (Phi) is 6.31. The van der Waals surface area contributed by atoms with Crippen LogP contribution in [0.5, 0.6) is 0 Å². The first-order valence-corrected chi connectivity index (χ1v) is 12.4. The van der Waals surface area contributed by atoms with Crippen LogP contribution in [-0.2, 0) is 20.2 Å². The number of nitrogens with zero attached hydrogens (tertiary/aromatic N) is 6. The summed E-state index contributed by atoms with van der Waals surface area (Å²) in [6, 6.07) is 9.34. The summed E-state index contributed by atoms with van der Waals surface area (Å²) in [7, 11) is -9.69. The molecule has 0 bridgehead atoms. The van der Waals surface area contributed by atoms with Gasteiger partial charge in [-0.2, -0.15) is 16.8 Å². The number of rotatable bonds is 6. The average molecular weight is 514 g/mol. The molecule has 2 aromatic heterocycles. The van der Waals surface area contributed by atoms with Crippen molar-refractivity contribution in [1.82, 2.24) is 29.9 Å². The van der Waals surface area contributed by atoms with Gasteiger partial charge in [0.05, 0.1) is 5.69 Å². The fourth-order valence-corrected chi connectivity index (χ4v) is 4.92. The lowest BCUT2D eigenvalue weighted by atomic mass is 9.92. The minimum absolute atomic E-state index is 0.0951. The molecule has 13 nitrogen and oxygen atoms in total. The minimum atomic E-state index is -4.90. The number of anilines is 1. The van der Waals surface area contributed by atoms with E-state index in [4.69, 9.17) is 5.73 Å². The van der Waals surface area contributed by atoms with Gasteiger partial charge in [0.25, 0.3) is 20.2 Å². The van der Waals surface area contributed by atoms with Gasteiger partial charge in [-0.15, -0.1) is 0 Å². The van der Waals surface area contributed by atoms with Gasteiger partial charge in [-0.25, -0.2) is 29.9 Å². The van der Waals surface area contributed by atoms with Crippen LogP contribution < -0.4 is 5.73 Å². The highest BCUT2D eigenvalue weighted by Gasteiger charge is 2.30. The van der Waals surface area contributed by atoms with E-state index in [1.54, 1.807) is 0 Å². The molecule has 2 aromatic carbocycles. The lowest BCUT2D eigenvalue weighted by molar-refractivity contribution is 0.480. The number of hydrogen-bond acceptors (Lipinski definition) is 11. The van der Waals surface area contributed by atoms with Crippen molar-refractivity contribution in [3.63, 3.8) is 0 Å². The molecule has 4 rings (SSSR count). The monoisotopic (exact) mass is 513 g/mol. The molecule has 4 aromatic rings. The number of hydrogen-bond donors (Lipinski definition) is 3. The maximum Gasteiger partial charge on any atom is 0.297 e. The Bertz CT molecular complexity index is 1650. The van der Waals surface area contributed by atoms with Crippen molar-refractivity contribution in [3.8, 4) is 0 Å². The van der Waals surface area contributed by atoms with Crippen LogP contribution in [0.4, 0.5) is 5.69 Å². The van der Waals surface area contributed by atoms with Gasteiger partial charge in [0.15, 0.2) is 11.6 Å². The van der Waals surface area contributed by atoms with Gasteiger partial charge in [0.2, 0.25) is 0 Å². The zero-order valence-electron chi connectivity index (χ0n) is 17.5. The van der Waals surface area contributed by atoms with E-state index < -0.39 is 30.0 Å². The summed E-state index contributed by atoms with van der Waals surface area (Å²) in [6.07, 6.45) is 4.52. The highest BCUT2D eigenvalue weighted by molar-refractivity contribution is 7.86. The SMILES string of the molecule is Nc1cccc(C(=C(c2ncncn2)c2ccccc2S(=O)(=O)O)c2ncncn2)c1S(=O)(=O)O. The van der Waals surface area contributed by atoms with E-state index in [1.165, 1.54) is 36.4 Å². The lowest BCUT2D eigenvalue weighted by Gasteiger charge is -2.18. The van der Waals surface area contributed by atoms with Crippen molar-refractivity contribution in [2.45, 2.75) is 9.79 Å². The molecule has 0 radical (unpaired) electrons. The van der Waals surface area contributed by atoms with Crippen LogP contribution >= 0.6 is 0 Å². The maximum atomic E-state index is 12.4. The molecule has 0 aliphatic heterocycles. The van der Waals surface area contributed by atoms with Gasteiger partial charge in [-0.3, -0.25) is 9.11 Å². The van der Waals surface area contributed by atoms with Crippen molar-refractivity contribution >= 4 is 37.1 Å².